The van der Waals surface area contributed by atoms with Gasteiger partial charge >= 0.3 is 5.63 Å². The predicted molar refractivity (Wildman–Crippen MR) is 109 cm³/mol. The van der Waals surface area contributed by atoms with E-state index in [0.717, 1.165) is 21.9 Å². The highest BCUT2D eigenvalue weighted by Crippen LogP contribution is 2.25. The van der Waals surface area contributed by atoms with Crippen molar-refractivity contribution in [3.63, 3.8) is 0 Å². The van der Waals surface area contributed by atoms with Crippen LogP contribution in [-0.2, 0) is 17.8 Å². The second-order valence-electron chi connectivity index (χ2n) is 6.99. The van der Waals surface area contributed by atoms with Crippen LogP contribution in [0.3, 0.4) is 0 Å². The number of hydrogen-bond donors (Lipinski definition) is 0. The summed E-state index contributed by atoms with van der Waals surface area (Å²) in [5, 5.41) is 13.8. The third-order valence-electron chi connectivity index (χ3n) is 5.06. The monoisotopic (exact) mass is 387 g/mol. The molecule has 0 spiro atoms. The summed E-state index contributed by atoms with van der Waals surface area (Å²) < 4.78 is 11.3. The number of fused-ring (bicyclic) bond motifs is 2. The number of benzene rings is 3. The predicted octanol–water partition coefficient (Wildman–Crippen LogP) is 3.52. The molecule has 1 heterocycles. The molecule has 4 aromatic rings. The zero-order chi connectivity index (χ0) is 20.4. The minimum atomic E-state index is -1.19. The van der Waals surface area contributed by atoms with Gasteiger partial charge in [0.15, 0.2) is 0 Å². The average Bonchev–Trinajstić information content (AvgIpc) is 2.71. The van der Waals surface area contributed by atoms with Crippen LogP contribution in [0.15, 0.2) is 69.9 Å². The van der Waals surface area contributed by atoms with Crippen LogP contribution in [0.1, 0.15) is 23.1 Å². The van der Waals surface area contributed by atoms with Crippen LogP contribution in [0.4, 0.5) is 0 Å². The maximum Gasteiger partial charge on any atom is 0.339 e. The normalized spacial score (nSPS) is 11.1. The Labute approximate surface area is 167 Å². The highest BCUT2D eigenvalue weighted by molar-refractivity contribution is 5.83. The Bertz CT molecular complexity index is 1270. The molecule has 0 bridgehead atoms. The first-order valence-corrected chi connectivity index (χ1v) is 9.38. The molecule has 5 nitrogen and oxygen atoms in total. The topological polar surface area (TPSA) is 79.6 Å². The molecule has 0 aliphatic heterocycles. The molecule has 0 fully saturated rings. The first-order chi connectivity index (χ1) is 14.0. The molecule has 0 unspecified atom stereocenters. The smallest absolute Gasteiger partial charge is 0.339 e. The lowest BCUT2D eigenvalue weighted by molar-refractivity contribution is -0.305. The average molecular weight is 387 g/mol. The lowest BCUT2D eigenvalue weighted by Crippen LogP contribution is -2.24. The van der Waals surface area contributed by atoms with Crippen LogP contribution >= 0.6 is 0 Å². The molecule has 0 saturated heterocycles. The highest BCUT2D eigenvalue weighted by atomic mass is 16.5. The molecule has 0 aliphatic rings. The molecule has 0 aliphatic carbocycles. The fraction of sp³-hybridized carbons (Fsp3) is 0.167. The molecule has 1 aromatic heterocycles. The van der Waals surface area contributed by atoms with Gasteiger partial charge in [-0.15, -0.1) is 0 Å². The summed E-state index contributed by atoms with van der Waals surface area (Å²) in [5.74, 6) is -0.600. The van der Waals surface area contributed by atoms with E-state index in [-0.39, 0.29) is 12.8 Å². The molecule has 4 rings (SSSR count). The number of aliphatic carboxylic acids is 1. The third kappa shape index (κ3) is 3.99. The van der Waals surface area contributed by atoms with Gasteiger partial charge in [0.2, 0.25) is 0 Å². The van der Waals surface area contributed by atoms with E-state index in [9.17, 15) is 14.7 Å². The second-order valence-corrected chi connectivity index (χ2v) is 6.99. The number of aryl methyl sites for hydroxylation is 1. The van der Waals surface area contributed by atoms with Gasteiger partial charge in [0.05, 0.1) is 0 Å². The second kappa shape index (κ2) is 7.80. The minimum Gasteiger partial charge on any atom is -0.550 e. The maximum absolute atomic E-state index is 12.3. The van der Waals surface area contributed by atoms with Crippen LogP contribution in [0.5, 0.6) is 5.75 Å². The van der Waals surface area contributed by atoms with Crippen molar-refractivity contribution in [2.75, 3.05) is 0 Å². The van der Waals surface area contributed by atoms with Crippen molar-refractivity contribution >= 4 is 27.7 Å². The fourth-order valence-corrected chi connectivity index (χ4v) is 3.48. The maximum atomic E-state index is 12.3. The fourth-order valence-electron chi connectivity index (χ4n) is 3.48. The number of carboxylic acid groups (broad SMARTS) is 1. The van der Waals surface area contributed by atoms with Gasteiger partial charge in [-0.2, -0.15) is 0 Å². The van der Waals surface area contributed by atoms with Crippen molar-refractivity contribution in [1.29, 1.82) is 0 Å². The Hall–Kier alpha value is -3.60. The Morgan fingerprint density at radius 3 is 2.62 bits per heavy atom. The molecule has 0 radical (unpaired) electrons. The standard InChI is InChI=1S/C24H20O5/c1-15-20-9-8-19(13-22(20)29-24(27)21(15)10-11-23(25)26)28-14-16-6-7-17-4-2-3-5-18(17)12-16/h2-9,12-13H,10-11,14H2,1H3,(H,25,26)/p-1. The van der Waals surface area contributed by atoms with Crippen LogP contribution in [0.2, 0.25) is 0 Å². The number of hydrogen-bond acceptors (Lipinski definition) is 5. The van der Waals surface area contributed by atoms with E-state index in [1.54, 1.807) is 13.0 Å². The summed E-state index contributed by atoms with van der Waals surface area (Å²) in [7, 11) is 0. The Kier molecular flexibility index (Phi) is 5.04. The van der Waals surface area contributed by atoms with Crippen molar-refractivity contribution in [2.45, 2.75) is 26.4 Å². The quantitative estimate of drug-likeness (QED) is 0.473. The van der Waals surface area contributed by atoms with E-state index in [4.69, 9.17) is 9.15 Å². The molecule has 29 heavy (non-hydrogen) atoms. The van der Waals surface area contributed by atoms with Gasteiger partial charge in [0.1, 0.15) is 17.9 Å². The zero-order valence-corrected chi connectivity index (χ0v) is 15.9. The summed E-state index contributed by atoms with van der Waals surface area (Å²) in [5.41, 5.74) is 2.02. The van der Waals surface area contributed by atoms with Gasteiger partial charge in [0.25, 0.3) is 0 Å². The summed E-state index contributed by atoms with van der Waals surface area (Å²) in [6, 6.07) is 19.6. The molecular formula is C24H19O5-. The van der Waals surface area contributed by atoms with Gasteiger partial charge < -0.3 is 19.1 Å². The van der Waals surface area contributed by atoms with Crippen LogP contribution in [0.25, 0.3) is 21.7 Å². The van der Waals surface area contributed by atoms with Gasteiger partial charge in [-0.3, -0.25) is 0 Å². The lowest BCUT2D eigenvalue weighted by atomic mass is 10.0. The number of ether oxygens (including phenoxy) is 1. The highest BCUT2D eigenvalue weighted by Gasteiger charge is 2.12. The summed E-state index contributed by atoms with van der Waals surface area (Å²) in [4.78, 5) is 23.0. The first-order valence-electron chi connectivity index (χ1n) is 9.38. The van der Waals surface area contributed by atoms with Gasteiger partial charge in [-0.05, 0) is 59.9 Å². The third-order valence-corrected chi connectivity index (χ3v) is 5.06. The molecule has 0 saturated carbocycles. The van der Waals surface area contributed by atoms with Crippen LogP contribution in [0, 0.1) is 6.92 Å². The van der Waals surface area contributed by atoms with E-state index in [0.29, 0.717) is 23.5 Å². The Morgan fingerprint density at radius 2 is 1.83 bits per heavy atom. The zero-order valence-electron chi connectivity index (χ0n) is 15.9. The molecule has 146 valence electrons. The molecule has 0 N–H and O–H groups in total. The van der Waals surface area contributed by atoms with E-state index in [1.165, 1.54) is 5.39 Å². The number of carbonyl (C=O) groups excluding carboxylic acids is 1. The van der Waals surface area contributed by atoms with Crippen LogP contribution in [-0.4, -0.2) is 5.97 Å². The van der Waals surface area contributed by atoms with E-state index in [1.807, 2.05) is 30.3 Å². The van der Waals surface area contributed by atoms with Crippen molar-refractivity contribution in [1.82, 2.24) is 0 Å². The number of carbonyl (C=O) groups is 1. The Balaban J connectivity index is 1.57. The molecule has 5 heteroatoms. The number of carboxylic acids is 1. The van der Waals surface area contributed by atoms with E-state index < -0.39 is 11.6 Å². The van der Waals surface area contributed by atoms with Crippen molar-refractivity contribution in [3.8, 4) is 5.75 Å². The first kappa shape index (κ1) is 18.7. The molecule has 0 atom stereocenters. The molecule has 0 amide bonds. The van der Waals surface area contributed by atoms with E-state index >= 15 is 0 Å². The summed E-state index contributed by atoms with van der Waals surface area (Å²) in [6.45, 7) is 2.18. The summed E-state index contributed by atoms with van der Waals surface area (Å²) in [6.07, 6.45) is -0.128. The number of rotatable bonds is 6. The van der Waals surface area contributed by atoms with Crippen molar-refractivity contribution in [2.24, 2.45) is 0 Å². The molecular weight excluding hydrogens is 368 g/mol. The van der Waals surface area contributed by atoms with Crippen molar-refractivity contribution < 1.29 is 19.1 Å². The van der Waals surface area contributed by atoms with Crippen molar-refractivity contribution in [3.05, 3.63) is 87.8 Å². The largest absolute Gasteiger partial charge is 0.550 e. The Morgan fingerprint density at radius 1 is 1.03 bits per heavy atom. The SMILES string of the molecule is Cc1c(CCC(=O)[O-])c(=O)oc2cc(OCc3ccc4ccccc4c3)ccc12. The van der Waals surface area contributed by atoms with Crippen LogP contribution < -0.4 is 15.5 Å². The lowest BCUT2D eigenvalue weighted by Gasteiger charge is -2.11. The van der Waals surface area contributed by atoms with Gasteiger partial charge in [-0.25, -0.2) is 4.79 Å². The summed E-state index contributed by atoms with van der Waals surface area (Å²) >= 11 is 0. The van der Waals surface area contributed by atoms with E-state index in [2.05, 4.69) is 24.3 Å². The molecule has 3 aromatic carbocycles. The van der Waals surface area contributed by atoms with Gasteiger partial charge in [0, 0.05) is 23.0 Å². The minimum absolute atomic E-state index is 0.0899. The van der Waals surface area contributed by atoms with Gasteiger partial charge in [-0.1, -0.05) is 36.4 Å².